The third kappa shape index (κ3) is 4.00. The van der Waals surface area contributed by atoms with Gasteiger partial charge in [0.1, 0.15) is 0 Å². The van der Waals surface area contributed by atoms with Crippen LogP contribution in [0.25, 0.3) is 0 Å². The molecule has 3 N–H and O–H groups in total. The van der Waals surface area contributed by atoms with Gasteiger partial charge in [-0.15, -0.1) is 0 Å². The predicted octanol–water partition coefficient (Wildman–Crippen LogP) is 0.0984. The zero-order chi connectivity index (χ0) is 12.8. The van der Waals surface area contributed by atoms with Gasteiger partial charge in [0.15, 0.2) is 0 Å². The fourth-order valence-electron chi connectivity index (χ4n) is 2.31. The van der Waals surface area contributed by atoms with Crippen molar-refractivity contribution in [3.63, 3.8) is 0 Å². The maximum atomic E-state index is 12.0. The molecule has 1 aliphatic rings. The highest BCUT2D eigenvalue weighted by Gasteiger charge is 2.28. The number of amides is 2. The maximum absolute atomic E-state index is 12.0. The van der Waals surface area contributed by atoms with Crippen molar-refractivity contribution in [2.45, 2.75) is 39.2 Å². The van der Waals surface area contributed by atoms with E-state index < -0.39 is 0 Å². The number of likely N-dealkylation sites (tertiary alicyclic amines) is 1. The van der Waals surface area contributed by atoms with E-state index in [0.717, 1.165) is 19.4 Å². The second kappa shape index (κ2) is 6.59. The molecule has 1 aliphatic heterocycles. The van der Waals surface area contributed by atoms with Crippen molar-refractivity contribution in [2.24, 2.45) is 11.7 Å². The fourth-order valence-corrected chi connectivity index (χ4v) is 2.31. The number of carbonyl (C=O) groups is 2. The first-order valence-electron chi connectivity index (χ1n) is 6.32. The molecule has 0 aromatic carbocycles. The van der Waals surface area contributed by atoms with Gasteiger partial charge in [-0.3, -0.25) is 9.59 Å². The molecule has 1 rings (SSSR count). The summed E-state index contributed by atoms with van der Waals surface area (Å²) in [5.74, 6) is 0.186. The maximum Gasteiger partial charge on any atom is 0.242 e. The summed E-state index contributed by atoms with van der Waals surface area (Å²) in [6, 6.07) is 0.311. The highest BCUT2D eigenvalue weighted by Crippen LogP contribution is 2.22. The summed E-state index contributed by atoms with van der Waals surface area (Å²) < 4.78 is 0. The van der Waals surface area contributed by atoms with E-state index in [1.807, 2.05) is 4.90 Å². The number of hydrogen-bond donors (Lipinski definition) is 2. The number of nitrogens with one attached hydrogen (secondary N) is 1. The van der Waals surface area contributed by atoms with E-state index in [9.17, 15) is 9.59 Å². The van der Waals surface area contributed by atoms with Crippen molar-refractivity contribution in [1.29, 1.82) is 0 Å². The second-order valence-corrected chi connectivity index (χ2v) is 4.88. The average molecular weight is 241 g/mol. The van der Waals surface area contributed by atoms with Crippen LogP contribution >= 0.6 is 0 Å². The van der Waals surface area contributed by atoms with Crippen molar-refractivity contribution < 1.29 is 9.59 Å². The average Bonchev–Trinajstić information content (AvgIpc) is 2.35. The lowest BCUT2D eigenvalue weighted by atomic mass is 9.93. The van der Waals surface area contributed by atoms with Gasteiger partial charge in [0.05, 0.1) is 13.1 Å². The molecule has 0 aliphatic carbocycles. The van der Waals surface area contributed by atoms with Gasteiger partial charge in [-0.05, 0) is 25.2 Å². The molecule has 2 amide bonds. The summed E-state index contributed by atoms with van der Waals surface area (Å²) in [5, 5.41) is 2.53. The smallest absolute Gasteiger partial charge is 0.242 e. The molecular weight excluding hydrogens is 218 g/mol. The van der Waals surface area contributed by atoms with Gasteiger partial charge >= 0.3 is 0 Å². The van der Waals surface area contributed by atoms with E-state index in [0.29, 0.717) is 12.0 Å². The molecule has 0 aromatic heterocycles. The normalized spacial score (nSPS) is 20.5. The molecule has 1 atom stereocenters. The lowest BCUT2D eigenvalue weighted by Crippen LogP contribution is -2.50. The van der Waals surface area contributed by atoms with E-state index in [-0.39, 0.29) is 24.9 Å². The molecule has 98 valence electrons. The van der Waals surface area contributed by atoms with E-state index in [2.05, 4.69) is 19.2 Å². The summed E-state index contributed by atoms with van der Waals surface area (Å²) in [6.45, 7) is 5.07. The Bertz CT molecular complexity index is 279. The third-order valence-corrected chi connectivity index (χ3v) is 3.26. The predicted molar refractivity (Wildman–Crippen MR) is 66.3 cm³/mol. The molecule has 1 unspecified atom stereocenters. The quantitative estimate of drug-likeness (QED) is 0.733. The Kier molecular flexibility index (Phi) is 5.41. The summed E-state index contributed by atoms with van der Waals surface area (Å²) in [5.41, 5.74) is 5.18. The fraction of sp³-hybridized carbons (Fsp3) is 0.833. The Hall–Kier alpha value is -1.10. The molecule has 1 fully saturated rings. The SMILES string of the molecule is CC(C)C1CCCCN1C(=O)CNC(=O)CN. The molecule has 17 heavy (non-hydrogen) atoms. The highest BCUT2D eigenvalue weighted by molar-refractivity contribution is 5.85. The Morgan fingerprint density at radius 3 is 2.71 bits per heavy atom. The Balaban J connectivity index is 2.50. The number of nitrogens with zero attached hydrogens (tertiary/aromatic N) is 1. The number of hydrogen-bond acceptors (Lipinski definition) is 3. The van der Waals surface area contributed by atoms with Crippen molar-refractivity contribution in [3.8, 4) is 0 Å². The zero-order valence-corrected chi connectivity index (χ0v) is 10.7. The van der Waals surface area contributed by atoms with Crippen molar-refractivity contribution in [1.82, 2.24) is 10.2 Å². The summed E-state index contributed by atoms with van der Waals surface area (Å²) in [6.07, 6.45) is 3.30. The van der Waals surface area contributed by atoms with E-state index in [1.54, 1.807) is 0 Å². The summed E-state index contributed by atoms with van der Waals surface area (Å²) in [7, 11) is 0. The minimum Gasteiger partial charge on any atom is -0.346 e. The molecule has 1 saturated heterocycles. The Morgan fingerprint density at radius 1 is 1.41 bits per heavy atom. The van der Waals surface area contributed by atoms with Crippen LogP contribution in [-0.4, -0.2) is 42.4 Å². The van der Waals surface area contributed by atoms with Crippen LogP contribution in [0, 0.1) is 5.92 Å². The van der Waals surface area contributed by atoms with Crippen LogP contribution in [0.2, 0.25) is 0 Å². The van der Waals surface area contributed by atoms with E-state index in [1.165, 1.54) is 6.42 Å². The molecule has 0 spiro atoms. The van der Waals surface area contributed by atoms with Gasteiger partial charge < -0.3 is 16.0 Å². The van der Waals surface area contributed by atoms with Crippen molar-refractivity contribution in [2.75, 3.05) is 19.6 Å². The van der Waals surface area contributed by atoms with E-state index >= 15 is 0 Å². The first-order chi connectivity index (χ1) is 8.06. The van der Waals surface area contributed by atoms with Gasteiger partial charge in [0.25, 0.3) is 0 Å². The molecule has 0 aromatic rings. The Labute approximate surface area is 103 Å². The minimum absolute atomic E-state index is 0.00481. The first kappa shape index (κ1) is 14.0. The summed E-state index contributed by atoms with van der Waals surface area (Å²) in [4.78, 5) is 24.9. The second-order valence-electron chi connectivity index (χ2n) is 4.88. The van der Waals surface area contributed by atoms with Gasteiger partial charge in [-0.25, -0.2) is 0 Å². The molecule has 5 nitrogen and oxygen atoms in total. The largest absolute Gasteiger partial charge is 0.346 e. The molecule has 0 radical (unpaired) electrons. The highest BCUT2D eigenvalue weighted by atomic mass is 16.2. The lowest BCUT2D eigenvalue weighted by Gasteiger charge is -2.38. The van der Waals surface area contributed by atoms with Crippen LogP contribution in [-0.2, 0) is 9.59 Å². The Morgan fingerprint density at radius 2 is 2.12 bits per heavy atom. The van der Waals surface area contributed by atoms with Crippen LogP contribution in [0.5, 0.6) is 0 Å². The van der Waals surface area contributed by atoms with Gasteiger partial charge in [0, 0.05) is 12.6 Å². The minimum atomic E-state index is -0.281. The standard InChI is InChI=1S/C12H23N3O2/c1-9(2)10-5-3-4-6-15(10)12(17)8-14-11(16)7-13/h9-10H,3-8,13H2,1-2H3,(H,14,16). The molecule has 0 bridgehead atoms. The third-order valence-electron chi connectivity index (χ3n) is 3.26. The van der Waals surface area contributed by atoms with Gasteiger partial charge in [-0.1, -0.05) is 13.8 Å². The first-order valence-corrected chi connectivity index (χ1v) is 6.32. The monoisotopic (exact) mass is 241 g/mol. The number of piperidine rings is 1. The van der Waals surface area contributed by atoms with Crippen LogP contribution < -0.4 is 11.1 Å². The summed E-state index contributed by atoms with van der Waals surface area (Å²) >= 11 is 0. The van der Waals surface area contributed by atoms with Gasteiger partial charge in [0.2, 0.25) is 11.8 Å². The number of rotatable bonds is 4. The van der Waals surface area contributed by atoms with Crippen molar-refractivity contribution in [3.05, 3.63) is 0 Å². The van der Waals surface area contributed by atoms with Crippen LogP contribution in [0.4, 0.5) is 0 Å². The molecule has 0 saturated carbocycles. The number of nitrogens with two attached hydrogens (primary N) is 1. The molecular formula is C12H23N3O2. The topological polar surface area (TPSA) is 75.4 Å². The molecule has 1 heterocycles. The molecule has 5 heteroatoms. The lowest BCUT2D eigenvalue weighted by molar-refractivity contribution is -0.136. The van der Waals surface area contributed by atoms with Crippen LogP contribution in [0.3, 0.4) is 0 Å². The zero-order valence-electron chi connectivity index (χ0n) is 10.7. The van der Waals surface area contributed by atoms with Gasteiger partial charge in [-0.2, -0.15) is 0 Å². The number of carbonyl (C=O) groups excluding carboxylic acids is 2. The van der Waals surface area contributed by atoms with Crippen molar-refractivity contribution >= 4 is 11.8 Å². The van der Waals surface area contributed by atoms with E-state index in [4.69, 9.17) is 5.73 Å². The van der Waals surface area contributed by atoms with Crippen LogP contribution in [0.15, 0.2) is 0 Å². The van der Waals surface area contributed by atoms with Crippen LogP contribution in [0.1, 0.15) is 33.1 Å².